The lowest BCUT2D eigenvalue weighted by atomic mass is 9.89. The van der Waals surface area contributed by atoms with Crippen LogP contribution in [-0.2, 0) is 30.3 Å². The second-order valence-electron chi connectivity index (χ2n) is 13.5. The van der Waals surface area contributed by atoms with Crippen LogP contribution in [0.1, 0.15) is 40.4 Å². The number of benzene rings is 4. The Kier molecular flexibility index (Phi) is 11.6. The third kappa shape index (κ3) is 7.79. The summed E-state index contributed by atoms with van der Waals surface area (Å²) in [5.74, 6) is -4.80. The van der Waals surface area contributed by atoms with Gasteiger partial charge in [-0.25, -0.2) is 22.8 Å². The van der Waals surface area contributed by atoms with E-state index in [-0.39, 0.29) is 36.1 Å². The van der Waals surface area contributed by atoms with E-state index in [1.165, 1.54) is 36.4 Å². The number of ether oxygens (including phenoxy) is 5. The van der Waals surface area contributed by atoms with Gasteiger partial charge < -0.3 is 43.6 Å². The molecule has 2 fully saturated rings. The highest BCUT2D eigenvalue weighted by molar-refractivity contribution is 6.04. The van der Waals surface area contributed by atoms with Crippen LogP contribution in [-0.4, -0.2) is 82.4 Å². The Labute approximate surface area is 319 Å². The number of hydrogen-bond donors (Lipinski definition) is 3. The summed E-state index contributed by atoms with van der Waals surface area (Å²) in [6.45, 7) is 4.17. The van der Waals surface area contributed by atoms with Gasteiger partial charge in [-0.15, -0.1) is 0 Å². The number of fused-ring (bicyclic) bond motifs is 1. The van der Waals surface area contributed by atoms with E-state index in [2.05, 4.69) is 6.58 Å². The molecule has 4 aromatic carbocycles. The fraction of sp³-hybridized carbons (Fsp3) is 0.286. The predicted octanol–water partition coefficient (Wildman–Crippen LogP) is 5.88. The van der Waals surface area contributed by atoms with E-state index in [9.17, 15) is 33.7 Å². The molecule has 3 heterocycles. The van der Waals surface area contributed by atoms with E-state index < -0.39 is 60.1 Å². The topological polar surface area (TPSA) is 146 Å². The van der Waals surface area contributed by atoms with E-state index >= 15 is 4.39 Å². The first-order chi connectivity index (χ1) is 27.0. The molecule has 5 aromatic rings. The number of aromatic nitrogens is 1. The minimum absolute atomic E-state index is 0.0144. The molecule has 1 unspecified atom stereocenters. The van der Waals surface area contributed by atoms with Gasteiger partial charge in [-0.3, -0.25) is 0 Å². The van der Waals surface area contributed by atoms with Crippen LogP contribution in [0.2, 0.25) is 0 Å². The maximum atomic E-state index is 15.6. The van der Waals surface area contributed by atoms with Crippen LogP contribution in [0.3, 0.4) is 0 Å². The summed E-state index contributed by atoms with van der Waals surface area (Å²) in [5, 5.41) is 31.8. The van der Waals surface area contributed by atoms with Crippen molar-refractivity contribution in [2.45, 2.75) is 56.1 Å². The molecule has 7 rings (SSSR count). The maximum Gasteiger partial charge on any atom is 0.340 e. The van der Waals surface area contributed by atoms with Crippen molar-refractivity contribution in [3.8, 4) is 22.6 Å². The molecule has 2 aliphatic heterocycles. The lowest BCUT2D eigenvalue weighted by Crippen LogP contribution is -2.60. The fourth-order valence-corrected chi connectivity index (χ4v) is 7.08. The number of rotatable bonds is 11. The Morgan fingerprint density at radius 1 is 0.875 bits per heavy atom. The molecule has 0 amide bonds. The molecule has 292 valence electrons. The number of aliphatic hydroxyl groups excluding tert-OH is 3. The van der Waals surface area contributed by atoms with Crippen LogP contribution in [0.15, 0.2) is 97.6 Å². The van der Waals surface area contributed by atoms with Gasteiger partial charge in [0, 0.05) is 48.2 Å². The first-order valence-corrected chi connectivity index (χ1v) is 17.9. The number of nitrogens with zero attached hydrogens (tertiary/aromatic N) is 1. The first kappa shape index (κ1) is 38.8. The molecule has 0 spiro atoms. The number of esters is 2. The van der Waals surface area contributed by atoms with E-state index in [0.29, 0.717) is 53.8 Å². The van der Waals surface area contributed by atoms with Crippen LogP contribution in [0, 0.1) is 17.5 Å². The average molecular weight is 774 g/mol. The molecule has 1 aromatic heterocycles. The first-order valence-electron chi connectivity index (χ1n) is 17.9. The highest BCUT2D eigenvalue weighted by atomic mass is 19.2. The van der Waals surface area contributed by atoms with Gasteiger partial charge in [0.2, 0.25) is 6.29 Å². The van der Waals surface area contributed by atoms with Gasteiger partial charge in [-0.2, -0.15) is 0 Å². The minimum Gasteiger partial charge on any atom is -0.488 e. The fourth-order valence-electron chi connectivity index (χ4n) is 7.08. The minimum atomic E-state index is -1.91. The highest BCUT2D eigenvalue weighted by Crippen LogP contribution is 2.47. The van der Waals surface area contributed by atoms with Crippen LogP contribution >= 0.6 is 0 Å². The van der Waals surface area contributed by atoms with Crippen LogP contribution in [0.4, 0.5) is 13.2 Å². The standard InChI is InChI=1S/C42H38F3NO10/c1-2-16-53-41(51)39-37(48)36(47)38(49)42(55-39)56-40(50)26-10-8-24(9-11-26)33-34-31(19-27(43)20-32(34)54-22-23-6-4-3-5-7-23)46(28-12-13-29(44)30(45)21-28)35(33)25-14-17-52-18-15-25/h2-13,19-21,25,36-39,42,47-49H,1,14-18,22H2/t36-,37-,38+,39-,42?/m0/s1. The van der Waals surface area contributed by atoms with E-state index in [4.69, 9.17) is 23.7 Å². The van der Waals surface area contributed by atoms with Crippen molar-refractivity contribution in [3.05, 3.63) is 132 Å². The largest absolute Gasteiger partial charge is 0.488 e. The molecule has 56 heavy (non-hydrogen) atoms. The molecule has 11 nitrogen and oxygen atoms in total. The second-order valence-corrected chi connectivity index (χ2v) is 13.5. The van der Waals surface area contributed by atoms with Crippen molar-refractivity contribution in [1.82, 2.24) is 4.57 Å². The Morgan fingerprint density at radius 2 is 1.61 bits per heavy atom. The molecule has 2 aliphatic rings. The van der Waals surface area contributed by atoms with Gasteiger partial charge >= 0.3 is 11.9 Å². The van der Waals surface area contributed by atoms with Crippen LogP contribution < -0.4 is 4.74 Å². The van der Waals surface area contributed by atoms with Crippen molar-refractivity contribution in [2.75, 3.05) is 19.8 Å². The SMILES string of the molecule is C=CCOC(=O)[C@H]1OC(OC(=O)c2ccc(-c3c(C4CCOCC4)n(-c4ccc(F)c(F)c4)c4cc(F)cc(OCc5ccccc5)c34)cc2)[C@H](O)[C@@H](O)[C@@H]1O. The molecule has 14 heteroatoms. The highest BCUT2D eigenvalue weighted by Gasteiger charge is 2.49. The molecular weight excluding hydrogens is 735 g/mol. The predicted molar refractivity (Wildman–Crippen MR) is 195 cm³/mol. The Morgan fingerprint density at radius 3 is 2.30 bits per heavy atom. The molecule has 0 radical (unpaired) electrons. The lowest BCUT2D eigenvalue weighted by molar-refractivity contribution is -0.279. The molecule has 2 saturated heterocycles. The third-order valence-corrected chi connectivity index (χ3v) is 9.82. The summed E-state index contributed by atoms with van der Waals surface area (Å²) in [5.41, 5.74) is 3.23. The van der Waals surface area contributed by atoms with E-state index in [0.717, 1.165) is 17.7 Å². The van der Waals surface area contributed by atoms with Crippen molar-refractivity contribution in [2.24, 2.45) is 0 Å². The van der Waals surface area contributed by atoms with Crippen molar-refractivity contribution in [3.63, 3.8) is 0 Å². The van der Waals surface area contributed by atoms with Gasteiger partial charge in [0.15, 0.2) is 17.7 Å². The second kappa shape index (κ2) is 16.7. The normalized spacial score (nSPS) is 21.4. The summed E-state index contributed by atoms with van der Waals surface area (Å²) >= 11 is 0. The molecule has 5 atom stereocenters. The quantitative estimate of drug-likeness (QED) is 0.110. The monoisotopic (exact) mass is 773 g/mol. The Balaban J connectivity index is 1.31. The smallest absolute Gasteiger partial charge is 0.340 e. The summed E-state index contributed by atoms with van der Waals surface area (Å²) in [6, 6.07) is 21.5. The van der Waals surface area contributed by atoms with Gasteiger partial charge in [0.1, 0.15) is 43.1 Å². The molecular formula is C42H38F3NO10. The summed E-state index contributed by atoms with van der Waals surface area (Å²) in [4.78, 5) is 25.8. The maximum absolute atomic E-state index is 15.6. The third-order valence-electron chi connectivity index (χ3n) is 9.82. The zero-order chi connectivity index (χ0) is 39.5. The zero-order valence-corrected chi connectivity index (χ0v) is 29.9. The molecule has 0 aliphatic carbocycles. The Hall–Kier alpha value is -5.51. The number of carbonyl (C=O) groups is 2. The van der Waals surface area contributed by atoms with Crippen molar-refractivity contribution >= 4 is 22.8 Å². The van der Waals surface area contributed by atoms with Crippen LogP contribution in [0.5, 0.6) is 5.75 Å². The summed E-state index contributed by atoms with van der Waals surface area (Å²) < 4.78 is 74.1. The number of halogens is 3. The van der Waals surface area contributed by atoms with E-state index in [1.807, 2.05) is 30.3 Å². The van der Waals surface area contributed by atoms with Gasteiger partial charge in [0.25, 0.3) is 0 Å². The van der Waals surface area contributed by atoms with Crippen LogP contribution in [0.25, 0.3) is 27.7 Å². The van der Waals surface area contributed by atoms with E-state index in [1.54, 1.807) is 16.7 Å². The number of carbonyl (C=O) groups excluding carboxylic acids is 2. The van der Waals surface area contributed by atoms with Crippen molar-refractivity contribution in [1.29, 1.82) is 0 Å². The zero-order valence-electron chi connectivity index (χ0n) is 29.9. The Bertz CT molecular complexity index is 2220. The summed E-state index contributed by atoms with van der Waals surface area (Å²) in [6.07, 6.45) is -6.91. The molecule has 0 saturated carbocycles. The average Bonchev–Trinajstić information content (AvgIpc) is 3.55. The van der Waals surface area contributed by atoms with Crippen molar-refractivity contribution < 1.29 is 61.8 Å². The molecule has 3 N–H and O–H groups in total. The van der Waals surface area contributed by atoms with Gasteiger partial charge in [0.05, 0.1) is 16.5 Å². The van der Waals surface area contributed by atoms with Gasteiger partial charge in [-0.05, 0) is 54.3 Å². The molecule has 0 bridgehead atoms. The van der Waals surface area contributed by atoms with Gasteiger partial charge in [-0.1, -0.05) is 55.1 Å². The number of hydrogen-bond acceptors (Lipinski definition) is 10. The lowest BCUT2D eigenvalue weighted by Gasteiger charge is -2.38. The number of aliphatic hydroxyl groups is 3. The summed E-state index contributed by atoms with van der Waals surface area (Å²) in [7, 11) is 0.